The molecule has 0 fully saturated rings. The van der Waals surface area contributed by atoms with Gasteiger partial charge in [0.05, 0.1) is 6.61 Å². The molecule has 0 amide bonds. The summed E-state index contributed by atoms with van der Waals surface area (Å²) in [5.41, 5.74) is 0.594. The number of hydrogen-bond acceptors (Lipinski definition) is 4. The second-order valence-electron chi connectivity index (χ2n) is 3.28. The van der Waals surface area contributed by atoms with Crippen molar-refractivity contribution in [3.8, 4) is 11.4 Å². The van der Waals surface area contributed by atoms with Crippen LogP contribution in [0, 0.1) is 0 Å². The van der Waals surface area contributed by atoms with E-state index in [4.69, 9.17) is 4.74 Å². The van der Waals surface area contributed by atoms with Crippen LogP contribution in [0.2, 0.25) is 0 Å². The van der Waals surface area contributed by atoms with Crippen LogP contribution >= 0.6 is 0 Å². The van der Waals surface area contributed by atoms with E-state index in [2.05, 4.69) is 15.2 Å². The number of aromatic nitrogens is 4. The fraction of sp³-hybridized carbons (Fsp3) is 0.300. The fourth-order valence-electron chi connectivity index (χ4n) is 1.42. The summed E-state index contributed by atoms with van der Waals surface area (Å²) in [6, 6.07) is 3.28. The number of ether oxygens (including phenoxy) is 1. The average Bonchev–Trinajstić information content (AvgIpc) is 2.74. The standard InChI is InChI=1S/C10H12N4O2/c1-16-5-4-14-7-12-13-10(14)8-2-3-11-9(15)6-8/h2-3,6-7H,4-5H2,1H3,(H,11,15). The molecule has 2 aromatic rings. The normalized spacial score (nSPS) is 10.6. The summed E-state index contributed by atoms with van der Waals surface area (Å²) < 4.78 is 6.83. The molecule has 2 aromatic heterocycles. The third-order valence-electron chi connectivity index (χ3n) is 2.19. The molecule has 0 aliphatic rings. The quantitative estimate of drug-likeness (QED) is 0.803. The third kappa shape index (κ3) is 2.17. The van der Waals surface area contributed by atoms with Crippen LogP contribution < -0.4 is 5.56 Å². The summed E-state index contributed by atoms with van der Waals surface area (Å²) in [6.07, 6.45) is 3.21. The van der Waals surface area contributed by atoms with E-state index in [9.17, 15) is 4.79 Å². The van der Waals surface area contributed by atoms with Crippen LogP contribution in [0.4, 0.5) is 0 Å². The van der Waals surface area contributed by atoms with Gasteiger partial charge in [-0.2, -0.15) is 0 Å². The maximum Gasteiger partial charge on any atom is 0.248 e. The summed E-state index contributed by atoms with van der Waals surface area (Å²) in [5.74, 6) is 0.670. The van der Waals surface area contributed by atoms with Gasteiger partial charge in [0, 0.05) is 31.5 Å². The third-order valence-corrected chi connectivity index (χ3v) is 2.19. The van der Waals surface area contributed by atoms with Crippen molar-refractivity contribution in [3.63, 3.8) is 0 Å². The summed E-state index contributed by atoms with van der Waals surface area (Å²) in [5, 5.41) is 7.81. The number of methoxy groups -OCH3 is 1. The van der Waals surface area contributed by atoms with E-state index in [1.807, 2.05) is 4.57 Å². The fourth-order valence-corrected chi connectivity index (χ4v) is 1.42. The first-order chi connectivity index (χ1) is 7.81. The van der Waals surface area contributed by atoms with Gasteiger partial charge in [-0.15, -0.1) is 10.2 Å². The Labute approximate surface area is 91.9 Å². The van der Waals surface area contributed by atoms with Gasteiger partial charge in [-0.1, -0.05) is 0 Å². The van der Waals surface area contributed by atoms with E-state index in [1.54, 1.807) is 25.7 Å². The van der Waals surface area contributed by atoms with E-state index < -0.39 is 0 Å². The molecule has 84 valence electrons. The first-order valence-corrected chi connectivity index (χ1v) is 4.87. The largest absolute Gasteiger partial charge is 0.383 e. The number of nitrogens with one attached hydrogen (secondary N) is 1. The van der Waals surface area contributed by atoms with Crippen molar-refractivity contribution in [3.05, 3.63) is 35.0 Å². The highest BCUT2D eigenvalue weighted by molar-refractivity contribution is 5.53. The van der Waals surface area contributed by atoms with Gasteiger partial charge < -0.3 is 14.3 Å². The first kappa shape index (κ1) is 10.6. The second kappa shape index (κ2) is 4.71. The van der Waals surface area contributed by atoms with E-state index in [0.29, 0.717) is 19.0 Å². The zero-order chi connectivity index (χ0) is 11.4. The summed E-state index contributed by atoms with van der Waals surface area (Å²) in [4.78, 5) is 13.7. The molecule has 0 spiro atoms. The topological polar surface area (TPSA) is 72.8 Å². The Hall–Kier alpha value is -1.95. The van der Waals surface area contributed by atoms with Gasteiger partial charge in [-0.05, 0) is 6.07 Å². The lowest BCUT2D eigenvalue weighted by molar-refractivity contribution is 0.187. The molecule has 6 heteroatoms. The molecule has 0 aromatic carbocycles. The maximum atomic E-state index is 11.2. The molecule has 0 aliphatic heterocycles. The Morgan fingerprint density at radius 2 is 2.44 bits per heavy atom. The molecule has 2 rings (SSSR count). The van der Waals surface area contributed by atoms with Gasteiger partial charge in [-0.3, -0.25) is 4.79 Å². The molecule has 1 N–H and O–H groups in total. The minimum atomic E-state index is -0.154. The van der Waals surface area contributed by atoms with Gasteiger partial charge >= 0.3 is 0 Å². The molecule has 16 heavy (non-hydrogen) atoms. The Morgan fingerprint density at radius 1 is 1.56 bits per heavy atom. The van der Waals surface area contributed by atoms with Gasteiger partial charge in [0.25, 0.3) is 0 Å². The Kier molecular flexibility index (Phi) is 3.11. The van der Waals surface area contributed by atoms with Crippen LogP contribution in [0.1, 0.15) is 0 Å². The van der Waals surface area contributed by atoms with Gasteiger partial charge in [0.15, 0.2) is 5.82 Å². The molecule has 0 atom stereocenters. The van der Waals surface area contributed by atoms with Gasteiger partial charge in [-0.25, -0.2) is 0 Å². The molecule has 0 unspecified atom stereocenters. The van der Waals surface area contributed by atoms with Crippen LogP contribution in [-0.4, -0.2) is 33.5 Å². The van der Waals surface area contributed by atoms with Crippen LogP contribution in [-0.2, 0) is 11.3 Å². The zero-order valence-corrected chi connectivity index (χ0v) is 8.88. The predicted octanol–water partition coefficient (Wildman–Crippen LogP) is 0.280. The summed E-state index contributed by atoms with van der Waals surface area (Å²) in [6.45, 7) is 1.24. The number of hydrogen-bond donors (Lipinski definition) is 1. The molecule has 0 radical (unpaired) electrons. The smallest absolute Gasteiger partial charge is 0.248 e. The Bertz CT molecular complexity index is 517. The Balaban J connectivity index is 2.33. The lowest BCUT2D eigenvalue weighted by Gasteiger charge is -2.04. The van der Waals surface area contributed by atoms with E-state index in [-0.39, 0.29) is 5.56 Å². The summed E-state index contributed by atoms with van der Waals surface area (Å²) >= 11 is 0. The minimum absolute atomic E-state index is 0.154. The molecular formula is C10H12N4O2. The number of H-pyrrole nitrogens is 1. The molecule has 0 aliphatic carbocycles. The molecular weight excluding hydrogens is 208 g/mol. The Morgan fingerprint density at radius 3 is 3.19 bits per heavy atom. The van der Waals surface area contributed by atoms with Crippen LogP contribution in [0.5, 0.6) is 0 Å². The minimum Gasteiger partial charge on any atom is -0.383 e. The highest BCUT2D eigenvalue weighted by Gasteiger charge is 2.06. The monoisotopic (exact) mass is 220 g/mol. The molecule has 0 saturated carbocycles. The zero-order valence-electron chi connectivity index (χ0n) is 8.88. The number of nitrogens with zero attached hydrogens (tertiary/aromatic N) is 3. The molecule has 2 heterocycles. The maximum absolute atomic E-state index is 11.2. The van der Waals surface area contributed by atoms with Crippen LogP contribution in [0.15, 0.2) is 29.5 Å². The van der Waals surface area contributed by atoms with Crippen molar-refractivity contribution < 1.29 is 4.74 Å². The first-order valence-electron chi connectivity index (χ1n) is 4.87. The summed E-state index contributed by atoms with van der Waals surface area (Å²) in [7, 11) is 1.64. The lowest BCUT2D eigenvalue weighted by Crippen LogP contribution is -2.07. The van der Waals surface area contributed by atoms with Gasteiger partial charge in [0.2, 0.25) is 5.56 Å². The van der Waals surface area contributed by atoms with Crippen molar-refractivity contribution in [2.45, 2.75) is 6.54 Å². The SMILES string of the molecule is COCCn1cnnc1-c1cc[nH]c(=O)c1. The average molecular weight is 220 g/mol. The lowest BCUT2D eigenvalue weighted by atomic mass is 10.2. The molecule has 6 nitrogen and oxygen atoms in total. The van der Waals surface area contributed by atoms with Crippen molar-refractivity contribution in [2.75, 3.05) is 13.7 Å². The van der Waals surface area contributed by atoms with Crippen LogP contribution in [0.3, 0.4) is 0 Å². The number of rotatable bonds is 4. The predicted molar refractivity (Wildman–Crippen MR) is 58.0 cm³/mol. The van der Waals surface area contributed by atoms with Crippen molar-refractivity contribution in [2.24, 2.45) is 0 Å². The van der Waals surface area contributed by atoms with Gasteiger partial charge in [0.1, 0.15) is 6.33 Å². The number of pyridine rings is 1. The highest BCUT2D eigenvalue weighted by atomic mass is 16.5. The van der Waals surface area contributed by atoms with Crippen molar-refractivity contribution >= 4 is 0 Å². The molecule has 0 bridgehead atoms. The molecule has 0 saturated heterocycles. The van der Waals surface area contributed by atoms with E-state index in [0.717, 1.165) is 5.56 Å². The van der Waals surface area contributed by atoms with E-state index >= 15 is 0 Å². The van der Waals surface area contributed by atoms with Crippen molar-refractivity contribution in [1.29, 1.82) is 0 Å². The van der Waals surface area contributed by atoms with Crippen molar-refractivity contribution in [1.82, 2.24) is 19.7 Å². The van der Waals surface area contributed by atoms with Crippen LogP contribution in [0.25, 0.3) is 11.4 Å². The number of aromatic amines is 1. The highest BCUT2D eigenvalue weighted by Crippen LogP contribution is 2.13. The van der Waals surface area contributed by atoms with E-state index in [1.165, 1.54) is 6.07 Å². The second-order valence-corrected chi connectivity index (χ2v) is 3.28.